The zero-order valence-corrected chi connectivity index (χ0v) is 10.8. The number of carbonyl (C=O) groups excluding carboxylic acids is 1. The van der Waals surface area contributed by atoms with E-state index >= 15 is 0 Å². The minimum atomic E-state index is -2.45. The highest BCUT2D eigenvalue weighted by Crippen LogP contribution is 2.43. The number of nitrogens with zero attached hydrogens (tertiary/aromatic N) is 1. The third-order valence-electron chi connectivity index (χ3n) is 3.53. The van der Waals surface area contributed by atoms with Gasteiger partial charge in [-0.3, -0.25) is 10.1 Å². The summed E-state index contributed by atoms with van der Waals surface area (Å²) >= 11 is 0. The SMILES string of the molecule is CC(C)C1NC2(CC2)C(=O)N1CCOCC(F)F. The molecule has 1 atom stereocenters. The third kappa shape index (κ3) is 2.64. The lowest BCUT2D eigenvalue weighted by Gasteiger charge is -2.27. The maximum Gasteiger partial charge on any atom is 0.261 e. The molecule has 1 amide bonds. The summed E-state index contributed by atoms with van der Waals surface area (Å²) in [4.78, 5) is 13.9. The van der Waals surface area contributed by atoms with E-state index in [0.29, 0.717) is 12.5 Å². The molecule has 1 aliphatic carbocycles. The van der Waals surface area contributed by atoms with Crippen LogP contribution in [-0.2, 0) is 9.53 Å². The van der Waals surface area contributed by atoms with Gasteiger partial charge in [0.1, 0.15) is 6.61 Å². The van der Waals surface area contributed by atoms with Gasteiger partial charge in [-0.1, -0.05) is 13.8 Å². The highest BCUT2D eigenvalue weighted by atomic mass is 19.3. The summed E-state index contributed by atoms with van der Waals surface area (Å²) in [6.45, 7) is 4.06. The van der Waals surface area contributed by atoms with Gasteiger partial charge in [-0.2, -0.15) is 0 Å². The molecule has 6 heteroatoms. The fraction of sp³-hybridized carbons (Fsp3) is 0.917. The van der Waals surface area contributed by atoms with Crippen LogP contribution in [0.4, 0.5) is 8.78 Å². The Morgan fingerprint density at radius 2 is 2.17 bits per heavy atom. The minimum Gasteiger partial charge on any atom is -0.374 e. The van der Waals surface area contributed by atoms with Crippen LogP contribution in [0.3, 0.4) is 0 Å². The number of halogens is 2. The third-order valence-corrected chi connectivity index (χ3v) is 3.53. The number of rotatable bonds is 6. The molecule has 1 saturated carbocycles. The molecule has 0 bridgehead atoms. The Labute approximate surface area is 106 Å². The predicted octanol–water partition coefficient (Wildman–Crippen LogP) is 1.21. The summed E-state index contributed by atoms with van der Waals surface area (Å²) in [5.41, 5.74) is -0.350. The zero-order chi connectivity index (χ0) is 13.3. The molecular formula is C12H20F2N2O2. The monoisotopic (exact) mass is 262 g/mol. The quantitative estimate of drug-likeness (QED) is 0.732. The van der Waals surface area contributed by atoms with Crippen molar-refractivity contribution in [2.45, 2.75) is 44.8 Å². The van der Waals surface area contributed by atoms with E-state index in [9.17, 15) is 13.6 Å². The molecule has 1 aliphatic heterocycles. The molecule has 0 radical (unpaired) electrons. The molecule has 4 nitrogen and oxygen atoms in total. The van der Waals surface area contributed by atoms with E-state index in [0.717, 1.165) is 12.8 Å². The highest BCUT2D eigenvalue weighted by molar-refractivity contribution is 5.91. The van der Waals surface area contributed by atoms with Crippen LogP contribution in [0.25, 0.3) is 0 Å². The van der Waals surface area contributed by atoms with Gasteiger partial charge in [-0.25, -0.2) is 8.78 Å². The first-order valence-electron chi connectivity index (χ1n) is 6.41. The van der Waals surface area contributed by atoms with Crippen LogP contribution < -0.4 is 5.32 Å². The summed E-state index contributed by atoms with van der Waals surface area (Å²) in [6, 6.07) is 0. The maximum atomic E-state index is 12.2. The van der Waals surface area contributed by atoms with Crippen molar-refractivity contribution < 1.29 is 18.3 Å². The van der Waals surface area contributed by atoms with E-state index in [4.69, 9.17) is 4.74 Å². The van der Waals surface area contributed by atoms with Gasteiger partial charge in [-0.15, -0.1) is 0 Å². The van der Waals surface area contributed by atoms with Crippen LogP contribution >= 0.6 is 0 Å². The summed E-state index contributed by atoms with van der Waals surface area (Å²) in [5, 5.41) is 3.36. The Morgan fingerprint density at radius 1 is 1.50 bits per heavy atom. The smallest absolute Gasteiger partial charge is 0.261 e. The topological polar surface area (TPSA) is 41.6 Å². The standard InChI is InChI=1S/C12H20F2N2O2/c1-8(2)10-15-12(3-4-12)11(17)16(10)5-6-18-7-9(13)14/h8-10,15H,3-7H2,1-2H3. The summed E-state index contributed by atoms with van der Waals surface area (Å²) in [5.74, 6) is 0.394. The largest absolute Gasteiger partial charge is 0.374 e. The Bertz CT molecular complexity index is 319. The Balaban J connectivity index is 1.86. The van der Waals surface area contributed by atoms with Crippen molar-refractivity contribution in [2.24, 2.45) is 5.92 Å². The van der Waals surface area contributed by atoms with Crippen LogP contribution in [0, 0.1) is 5.92 Å². The first-order chi connectivity index (χ1) is 8.46. The van der Waals surface area contributed by atoms with Crippen molar-refractivity contribution in [3.63, 3.8) is 0 Å². The number of amides is 1. The fourth-order valence-electron chi connectivity index (χ4n) is 2.41. The van der Waals surface area contributed by atoms with Crippen molar-refractivity contribution in [3.8, 4) is 0 Å². The Morgan fingerprint density at radius 3 is 2.67 bits per heavy atom. The normalized spacial score (nSPS) is 25.8. The molecule has 0 aromatic heterocycles. The van der Waals surface area contributed by atoms with Crippen LogP contribution in [0.15, 0.2) is 0 Å². The predicted molar refractivity (Wildman–Crippen MR) is 62.3 cm³/mol. The average molecular weight is 262 g/mol. The van der Waals surface area contributed by atoms with Crippen LogP contribution in [0.2, 0.25) is 0 Å². The number of hydrogen-bond donors (Lipinski definition) is 1. The van der Waals surface area contributed by atoms with Gasteiger partial charge in [-0.05, 0) is 18.8 Å². The van der Waals surface area contributed by atoms with Crippen LogP contribution in [0.5, 0.6) is 0 Å². The first-order valence-corrected chi connectivity index (χ1v) is 6.41. The Hall–Kier alpha value is -0.750. The average Bonchev–Trinajstić information content (AvgIpc) is 3.00. The van der Waals surface area contributed by atoms with Crippen molar-refractivity contribution in [3.05, 3.63) is 0 Å². The van der Waals surface area contributed by atoms with Crippen LogP contribution in [0.1, 0.15) is 26.7 Å². The lowest BCUT2D eigenvalue weighted by molar-refractivity contribution is -0.132. The van der Waals surface area contributed by atoms with Gasteiger partial charge >= 0.3 is 0 Å². The highest BCUT2D eigenvalue weighted by Gasteiger charge is 2.59. The second-order valence-corrected chi connectivity index (χ2v) is 5.38. The zero-order valence-electron chi connectivity index (χ0n) is 10.8. The van der Waals surface area contributed by atoms with Crippen LogP contribution in [-0.4, -0.2) is 48.7 Å². The van der Waals surface area contributed by atoms with E-state index in [1.807, 2.05) is 13.8 Å². The summed E-state index contributed by atoms with van der Waals surface area (Å²) in [6.07, 6.45) is -0.699. The number of alkyl halides is 2. The van der Waals surface area contributed by atoms with E-state index in [1.54, 1.807) is 4.90 Å². The summed E-state index contributed by atoms with van der Waals surface area (Å²) in [7, 11) is 0. The van der Waals surface area contributed by atoms with E-state index in [1.165, 1.54) is 0 Å². The van der Waals surface area contributed by atoms with E-state index in [2.05, 4.69) is 5.32 Å². The molecule has 0 aromatic carbocycles. The second kappa shape index (κ2) is 5.09. The number of ether oxygens (including phenoxy) is 1. The molecule has 1 spiro atoms. The molecule has 1 heterocycles. The van der Waals surface area contributed by atoms with E-state index in [-0.39, 0.29) is 24.2 Å². The molecule has 0 aromatic rings. The molecular weight excluding hydrogens is 242 g/mol. The molecule has 18 heavy (non-hydrogen) atoms. The van der Waals surface area contributed by atoms with E-state index < -0.39 is 13.0 Å². The van der Waals surface area contributed by atoms with Gasteiger partial charge in [0.05, 0.1) is 18.3 Å². The van der Waals surface area contributed by atoms with Crippen molar-refractivity contribution in [1.82, 2.24) is 10.2 Å². The lowest BCUT2D eigenvalue weighted by atomic mass is 10.1. The summed E-state index contributed by atoms with van der Waals surface area (Å²) < 4.78 is 28.7. The Kier molecular flexibility index (Phi) is 3.87. The minimum absolute atomic E-state index is 0.00449. The molecule has 2 aliphatic rings. The van der Waals surface area contributed by atoms with Gasteiger partial charge in [0.25, 0.3) is 6.43 Å². The maximum absolute atomic E-state index is 12.2. The lowest BCUT2D eigenvalue weighted by Crippen LogP contribution is -2.43. The molecule has 2 rings (SSSR count). The molecule has 1 saturated heterocycles. The molecule has 1 unspecified atom stereocenters. The number of hydrogen-bond acceptors (Lipinski definition) is 3. The van der Waals surface area contributed by atoms with Crippen molar-refractivity contribution >= 4 is 5.91 Å². The van der Waals surface area contributed by atoms with Crippen molar-refractivity contribution in [2.75, 3.05) is 19.8 Å². The van der Waals surface area contributed by atoms with Gasteiger partial charge in [0.15, 0.2) is 0 Å². The van der Waals surface area contributed by atoms with Gasteiger partial charge < -0.3 is 9.64 Å². The molecule has 1 N–H and O–H groups in total. The second-order valence-electron chi connectivity index (χ2n) is 5.38. The molecule has 2 fully saturated rings. The first kappa shape index (κ1) is 13.7. The number of carbonyl (C=O) groups is 1. The van der Waals surface area contributed by atoms with Gasteiger partial charge in [0.2, 0.25) is 5.91 Å². The molecule has 104 valence electrons. The fourth-order valence-corrected chi connectivity index (χ4v) is 2.41. The number of nitrogens with one attached hydrogen (secondary N) is 1. The van der Waals surface area contributed by atoms with Crippen molar-refractivity contribution in [1.29, 1.82) is 0 Å². The van der Waals surface area contributed by atoms with Gasteiger partial charge in [0, 0.05) is 6.54 Å².